The van der Waals surface area contributed by atoms with Crippen LogP contribution in [0.25, 0.3) is 0 Å². The molecule has 11 heteroatoms. The number of benzene rings is 4. The van der Waals surface area contributed by atoms with Crippen LogP contribution >= 0.6 is 11.8 Å². The van der Waals surface area contributed by atoms with Gasteiger partial charge in [-0.25, -0.2) is 4.79 Å². The largest absolute Gasteiger partial charge is 0.481 e. The Kier molecular flexibility index (Phi) is 10.5. The second-order valence-electron chi connectivity index (χ2n) is 10.6. The summed E-state index contributed by atoms with van der Waals surface area (Å²) in [6, 6.07) is 30.6. The van der Waals surface area contributed by atoms with E-state index in [0.717, 1.165) is 21.6 Å². The van der Waals surface area contributed by atoms with Crippen molar-refractivity contribution in [3.8, 4) is 0 Å². The summed E-state index contributed by atoms with van der Waals surface area (Å²) in [4.78, 5) is 56.4. The Bertz CT molecular complexity index is 1750. The Morgan fingerprint density at radius 1 is 0.913 bits per heavy atom. The number of hydrogen-bond donors (Lipinski definition) is 3. The summed E-state index contributed by atoms with van der Waals surface area (Å²) in [5.41, 5.74) is 10.0. The molecule has 4 N–H and O–H groups in total. The second kappa shape index (κ2) is 15.0. The summed E-state index contributed by atoms with van der Waals surface area (Å²) in [6.07, 6.45) is -0.481. The number of amides is 3. The molecule has 4 aromatic carbocycles. The maximum absolute atomic E-state index is 13.4. The van der Waals surface area contributed by atoms with Crippen molar-refractivity contribution in [3.63, 3.8) is 0 Å². The highest BCUT2D eigenvalue weighted by atomic mass is 32.2. The molecule has 5 rings (SSSR count). The van der Waals surface area contributed by atoms with E-state index in [9.17, 15) is 24.3 Å². The minimum absolute atomic E-state index is 0.0409. The third-order valence-electron chi connectivity index (χ3n) is 7.27. The molecule has 3 amide bonds. The van der Waals surface area contributed by atoms with E-state index in [1.807, 2.05) is 66.7 Å². The Balaban J connectivity index is 1.25. The van der Waals surface area contributed by atoms with E-state index in [0.29, 0.717) is 29.8 Å². The zero-order valence-electron chi connectivity index (χ0n) is 24.8. The molecule has 1 heterocycles. The van der Waals surface area contributed by atoms with E-state index in [4.69, 9.17) is 10.5 Å². The van der Waals surface area contributed by atoms with Crippen molar-refractivity contribution in [3.05, 3.63) is 131 Å². The number of carboxylic acid groups (broad SMARTS) is 1. The number of nitrogens with zero attached hydrogens (tertiary/aromatic N) is 2. The van der Waals surface area contributed by atoms with Gasteiger partial charge >= 0.3 is 12.1 Å². The number of rotatable bonds is 10. The smallest absolute Gasteiger partial charge is 0.435 e. The number of carboxylic acids is 1. The fourth-order valence-electron chi connectivity index (χ4n) is 4.88. The Morgan fingerprint density at radius 2 is 1.57 bits per heavy atom. The van der Waals surface area contributed by atoms with Crippen LogP contribution in [0, 0.1) is 0 Å². The number of nitrogens with two attached hydrogens (primary N) is 1. The topological polar surface area (TPSA) is 151 Å². The zero-order valence-corrected chi connectivity index (χ0v) is 25.6. The van der Waals surface area contributed by atoms with Gasteiger partial charge in [0.05, 0.1) is 11.7 Å². The fourth-order valence-corrected chi connectivity index (χ4v) is 6.09. The maximum Gasteiger partial charge on any atom is 0.435 e. The molecule has 1 atom stereocenters. The van der Waals surface area contributed by atoms with Gasteiger partial charge in [-0.2, -0.15) is 4.99 Å². The highest BCUT2D eigenvalue weighted by Crippen LogP contribution is 2.36. The first kappa shape index (κ1) is 32.0. The van der Waals surface area contributed by atoms with Gasteiger partial charge in [0, 0.05) is 34.8 Å². The third-order valence-corrected chi connectivity index (χ3v) is 8.57. The van der Waals surface area contributed by atoms with Crippen molar-refractivity contribution in [1.29, 1.82) is 0 Å². The monoisotopic (exact) mass is 636 g/mol. The first-order chi connectivity index (χ1) is 22.2. The summed E-state index contributed by atoms with van der Waals surface area (Å²) >= 11 is 1.23. The van der Waals surface area contributed by atoms with Crippen molar-refractivity contribution in [1.82, 2.24) is 4.90 Å². The van der Waals surface area contributed by atoms with Gasteiger partial charge in [0.2, 0.25) is 5.91 Å². The summed E-state index contributed by atoms with van der Waals surface area (Å²) in [5, 5.41) is 11.6. The molecular weight excluding hydrogens is 604 g/mol. The van der Waals surface area contributed by atoms with Crippen LogP contribution in [0.2, 0.25) is 0 Å². The van der Waals surface area contributed by atoms with E-state index in [1.54, 1.807) is 41.3 Å². The van der Waals surface area contributed by atoms with Gasteiger partial charge in [-0.3, -0.25) is 14.4 Å². The number of nitrogens with one attached hydrogen (secondary N) is 1. The van der Waals surface area contributed by atoms with Gasteiger partial charge in [-0.05, 0) is 53.4 Å². The molecule has 0 bridgehead atoms. The number of aliphatic carboxylic acids is 1. The standard InChI is InChI=1S/C35H32N4O6S/c36-32(38-35(44)45-22-24-9-5-2-6-10-24)25-11-13-26(14-12-25)33(42)37-28-15-16-29-27(19-28)21-39(18-17-23-7-3-1-4-8-23)34(43)30(46-29)20-31(40)41/h1-16,19,30H,17-18,20-22H2,(H,37,42)(H,40,41)(H2,36,38,44)/t30-/m1/s1. The second-order valence-corrected chi connectivity index (χ2v) is 11.8. The zero-order chi connectivity index (χ0) is 32.5. The molecule has 1 aliphatic rings. The minimum atomic E-state index is -1.04. The average molecular weight is 637 g/mol. The number of aliphatic imine (C=N–C) groups is 1. The summed E-state index contributed by atoms with van der Waals surface area (Å²) < 4.78 is 5.15. The predicted molar refractivity (Wildman–Crippen MR) is 176 cm³/mol. The van der Waals surface area contributed by atoms with Crippen molar-refractivity contribution >= 4 is 47.2 Å². The molecule has 0 saturated carbocycles. The quantitative estimate of drug-likeness (QED) is 0.152. The molecule has 0 aliphatic carbocycles. The lowest BCUT2D eigenvalue weighted by Crippen LogP contribution is -2.38. The number of carbonyl (C=O) groups excluding carboxylic acids is 3. The highest BCUT2D eigenvalue weighted by molar-refractivity contribution is 8.00. The highest BCUT2D eigenvalue weighted by Gasteiger charge is 2.32. The van der Waals surface area contributed by atoms with Crippen LogP contribution in [0.15, 0.2) is 113 Å². The number of ether oxygens (including phenoxy) is 1. The van der Waals surface area contributed by atoms with Gasteiger partial charge in [-0.1, -0.05) is 72.8 Å². The molecule has 4 aromatic rings. The van der Waals surface area contributed by atoms with Gasteiger partial charge < -0.3 is 25.8 Å². The van der Waals surface area contributed by atoms with Crippen LogP contribution in [0.4, 0.5) is 10.5 Å². The molecule has 46 heavy (non-hydrogen) atoms. The molecule has 0 aromatic heterocycles. The maximum atomic E-state index is 13.4. The van der Waals surface area contributed by atoms with Crippen molar-refractivity contribution in [2.24, 2.45) is 10.7 Å². The van der Waals surface area contributed by atoms with E-state index < -0.39 is 17.3 Å². The Morgan fingerprint density at radius 3 is 2.24 bits per heavy atom. The summed E-state index contributed by atoms with van der Waals surface area (Å²) in [5.74, 6) is -1.67. The van der Waals surface area contributed by atoms with Crippen LogP contribution in [-0.4, -0.2) is 51.5 Å². The van der Waals surface area contributed by atoms with Gasteiger partial charge in [0.25, 0.3) is 5.91 Å². The van der Waals surface area contributed by atoms with Crippen LogP contribution in [-0.2, 0) is 33.9 Å². The van der Waals surface area contributed by atoms with Gasteiger partial charge in [-0.15, -0.1) is 11.8 Å². The Hall–Kier alpha value is -5.42. The Labute approximate surface area is 270 Å². The van der Waals surface area contributed by atoms with Crippen LogP contribution in [0.1, 0.15) is 39.0 Å². The van der Waals surface area contributed by atoms with E-state index >= 15 is 0 Å². The first-order valence-corrected chi connectivity index (χ1v) is 15.4. The number of anilines is 1. The normalized spacial score (nSPS) is 14.6. The van der Waals surface area contributed by atoms with Gasteiger partial charge in [0.1, 0.15) is 12.4 Å². The lowest BCUT2D eigenvalue weighted by atomic mass is 10.1. The van der Waals surface area contributed by atoms with E-state index in [2.05, 4.69) is 10.3 Å². The molecule has 10 nitrogen and oxygen atoms in total. The van der Waals surface area contributed by atoms with Crippen molar-refractivity contribution in [2.75, 3.05) is 11.9 Å². The number of hydrogen-bond acceptors (Lipinski definition) is 6. The third kappa shape index (κ3) is 8.60. The molecule has 0 saturated heterocycles. The number of fused-ring (bicyclic) bond motifs is 1. The number of carbonyl (C=O) groups is 4. The predicted octanol–water partition coefficient (Wildman–Crippen LogP) is 5.50. The summed E-state index contributed by atoms with van der Waals surface area (Å²) in [7, 11) is 0. The molecule has 0 fully saturated rings. The lowest BCUT2D eigenvalue weighted by molar-refractivity contribution is -0.140. The average Bonchev–Trinajstić information content (AvgIpc) is 3.19. The number of amidine groups is 1. The van der Waals surface area contributed by atoms with E-state index in [1.165, 1.54) is 11.8 Å². The number of thioether (sulfide) groups is 1. The molecule has 0 unspecified atom stereocenters. The molecule has 234 valence electrons. The van der Waals surface area contributed by atoms with Crippen LogP contribution in [0.3, 0.4) is 0 Å². The lowest BCUT2D eigenvalue weighted by Gasteiger charge is -2.23. The molecule has 0 radical (unpaired) electrons. The molecule has 1 aliphatic heterocycles. The minimum Gasteiger partial charge on any atom is -0.481 e. The van der Waals surface area contributed by atoms with Gasteiger partial charge in [0.15, 0.2) is 0 Å². The molecular formula is C35H32N4O6S. The van der Waals surface area contributed by atoms with Crippen molar-refractivity contribution in [2.45, 2.75) is 36.1 Å². The summed E-state index contributed by atoms with van der Waals surface area (Å²) in [6.45, 7) is 0.788. The van der Waals surface area contributed by atoms with E-state index in [-0.39, 0.29) is 37.2 Å². The van der Waals surface area contributed by atoms with Crippen LogP contribution in [0.5, 0.6) is 0 Å². The SMILES string of the molecule is NC(=NC(=O)OCc1ccccc1)c1ccc(C(=O)Nc2ccc3c(c2)CN(CCc2ccccc2)C(=O)[C@@H](CC(=O)O)S3)cc1. The van der Waals surface area contributed by atoms with Crippen LogP contribution < -0.4 is 11.1 Å². The fraction of sp³-hybridized carbons (Fsp3) is 0.171. The molecule has 0 spiro atoms. The first-order valence-electron chi connectivity index (χ1n) is 14.6. The van der Waals surface area contributed by atoms with Crippen molar-refractivity contribution < 1.29 is 29.0 Å².